The molecule has 28 heavy (non-hydrogen) atoms. The number of hydrogen-bond acceptors (Lipinski definition) is 5. The molecule has 7 heteroatoms. The second-order valence-corrected chi connectivity index (χ2v) is 18.4. The maximum absolute atomic E-state index is 12.4. The minimum absolute atomic E-state index is 0.00753. The molecule has 2 atom stereocenters. The SMILES string of the molecule is CO[Si](C)(C)CCCC(=O)C(C)CN(C)CC(C)C(=O)CCC[Si](C)(C)OC. The molecular formula is C21H45NO4Si2. The molecule has 0 heterocycles. The zero-order valence-corrected chi connectivity index (χ0v) is 21.9. The number of ketones is 2. The Morgan fingerprint density at radius 1 is 0.786 bits per heavy atom. The molecule has 0 rings (SSSR count). The molecule has 0 bridgehead atoms. The van der Waals surface area contributed by atoms with Crippen LogP contribution in [0.5, 0.6) is 0 Å². The van der Waals surface area contributed by atoms with E-state index >= 15 is 0 Å². The summed E-state index contributed by atoms with van der Waals surface area (Å²) in [7, 11) is 2.40. The molecule has 0 N–H and O–H groups in total. The van der Waals surface area contributed by atoms with Gasteiger partial charge in [0.1, 0.15) is 11.6 Å². The Morgan fingerprint density at radius 3 is 1.39 bits per heavy atom. The molecule has 0 fully saturated rings. The lowest BCUT2D eigenvalue weighted by atomic mass is 9.99. The van der Waals surface area contributed by atoms with Gasteiger partial charge in [0.25, 0.3) is 0 Å². The van der Waals surface area contributed by atoms with Crippen molar-refractivity contribution in [2.45, 2.75) is 77.8 Å². The molecule has 0 aromatic heterocycles. The second-order valence-electron chi connectivity index (χ2n) is 9.59. The van der Waals surface area contributed by atoms with Gasteiger partial charge in [-0.15, -0.1) is 0 Å². The Bertz CT molecular complexity index is 441. The number of carbonyl (C=O) groups excluding carboxylic acids is 2. The zero-order valence-electron chi connectivity index (χ0n) is 19.9. The Morgan fingerprint density at radius 2 is 1.11 bits per heavy atom. The van der Waals surface area contributed by atoms with Gasteiger partial charge in [-0.25, -0.2) is 0 Å². The number of nitrogens with zero attached hydrogens (tertiary/aromatic N) is 1. The molecule has 0 radical (unpaired) electrons. The van der Waals surface area contributed by atoms with Gasteiger partial charge in [-0.3, -0.25) is 9.59 Å². The van der Waals surface area contributed by atoms with Crippen molar-refractivity contribution in [3.05, 3.63) is 0 Å². The van der Waals surface area contributed by atoms with Crippen LogP contribution in [0, 0.1) is 11.8 Å². The molecule has 0 amide bonds. The molecule has 0 aromatic rings. The lowest BCUT2D eigenvalue weighted by Gasteiger charge is -2.24. The first-order valence-electron chi connectivity index (χ1n) is 10.7. The van der Waals surface area contributed by atoms with Crippen molar-refractivity contribution in [1.29, 1.82) is 0 Å². The van der Waals surface area contributed by atoms with Gasteiger partial charge in [0, 0.05) is 52.0 Å². The number of Topliss-reactive ketones (excluding diaryl/α,β-unsaturated/α-hetero) is 2. The highest BCUT2D eigenvalue weighted by Crippen LogP contribution is 2.18. The molecular weight excluding hydrogens is 386 g/mol. The average Bonchev–Trinajstić information content (AvgIpc) is 2.60. The van der Waals surface area contributed by atoms with Crippen molar-refractivity contribution in [3.8, 4) is 0 Å². The highest BCUT2D eigenvalue weighted by molar-refractivity contribution is 6.71. The number of hydrogen-bond donors (Lipinski definition) is 0. The fourth-order valence-corrected chi connectivity index (χ4v) is 5.75. The lowest BCUT2D eigenvalue weighted by Crippen LogP contribution is -2.34. The Hall–Kier alpha value is -0.346. The molecule has 0 spiro atoms. The topological polar surface area (TPSA) is 55.8 Å². The van der Waals surface area contributed by atoms with Crippen LogP contribution < -0.4 is 0 Å². The highest BCUT2D eigenvalue weighted by Gasteiger charge is 2.24. The normalized spacial score (nSPS) is 14.9. The van der Waals surface area contributed by atoms with E-state index in [4.69, 9.17) is 8.85 Å². The quantitative estimate of drug-likeness (QED) is 0.334. The Kier molecular flexibility index (Phi) is 12.9. The smallest absolute Gasteiger partial charge is 0.186 e. The van der Waals surface area contributed by atoms with Crippen LogP contribution in [0.4, 0.5) is 0 Å². The maximum atomic E-state index is 12.4. The third-order valence-electron chi connectivity index (χ3n) is 5.78. The van der Waals surface area contributed by atoms with E-state index in [9.17, 15) is 9.59 Å². The number of rotatable bonds is 16. The van der Waals surface area contributed by atoms with Crippen LogP contribution in [0.1, 0.15) is 39.5 Å². The van der Waals surface area contributed by atoms with E-state index in [1.807, 2.05) is 20.9 Å². The minimum Gasteiger partial charge on any atom is -0.420 e. The van der Waals surface area contributed by atoms with Gasteiger partial charge in [-0.2, -0.15) is 0 Å². The first kappa shape index (κ1) is 27.7. The van der Waals surface area contributed by atoms with Crippen molar-refractivity contribution in [2.24, 2.45) is 11.8 Å². The molecule has 166 valence electrons. The summed E-state index contributed by atoms with van der Waals surface area (Å²) in [5.74, 6) is 0.651. The van der Waals surface area contributed by atoms with Crippen LogP contribution in [0.2, 0.25) is 38.3 Å². The van der Waals surface area contributed by atoms with Gasteiger partial charge < -0.3 is 13.8 Å². The fraction of sp³-hybridized carbons (Fsp3) is 0.905. The van der Waals surface area contributed by atoms with E-state index in [2.05, 4.69) is 31.1 Å². The molecule has 0 aromatic carbocycles. The van der Waals surface area contributed by atoms with E-state index in [-0.39, 0.29) is 11.8 Å². The maximum Gasteiger partial charge on any atom is 0.186 e. The van der Waals surface area contributed by atoms with Crippen molar-refractivity contribution >= 4 is 28.2 Å². The summed E-state index contributed by atoms with van der Waals surface area (Å²) < 4.78 is 11.1. The minimum atomic E-state index is -1.58. The summed E-state index contributed by atoms with van der Waals surface area (Å²) in [6.07, 6.45) is 3.08. The van der Waals surface area contributed by atoms with Gasteiger partial charge >= 0.3 is 0 Å². The molecule has 5 nitrogen and oxygen atoms in total. The van der Waals surface area contributed by atoms with Crippen molar-refractivity contribution in [2.75, 3.05) is 34.4 Å². The first-order chi connectivity index (χ1) is 12.8. The van der Waals surface area contributed by atoms with E-state index in [0.29, 0.717) is 37.5 Å². The third kappa shape index (κ3) is 12.3. The predicted molar refractivity (Wildman–Crippen MR) is 123 cm³/mol. The third-order valence-corrected chi connectivity index (χ3v) is 11.1. The average molecular weight is 432 g/mol. The fourth-order valence-electron chi connectivity index (χ4n) is 3.29. The van der Waals surface area contributed by atoms with Gasteiger partial charge in [0.15, 0.2) is 16.6 Å². The van der Waals surface area contributed by atoms with E-state index < -0.39 is 16.6 Å². The van der Waals surface area contributed by atoms with Crippen molar-refractivity contribution in [3.63, 3.8) is 0 Å². The Labute approximate surface area is 175 Å². The summed E-state index contributed by atoms with van der Waals surface area (Å²) in [6, 6.07) is 2.04. The van der Waals surface area contributed by atoms with Crippen molar-refractivity contribution in [1.82, 2.24) is 4.90 Å². The lowest BCUT2D eigenvalue weighted by molar-refractivity contribution is -0.123. The van der Waals surface area contributed by atoms with E-state index in [1.54, 1.807) is 14.2 Å². The van der Waals surface area contributed by atoms with Crippen LogP contribution >= 0.6 is 0 Å². The largest absolute Gasteiger partial charge is 0.420 e. The van der Waals surface area contributed by atoms with Crippen LogP contribution in [-0.2, 0) is 18.4 Å². The molecule has 0 aliphatic carbocycles. The van der Waals surface area contributed by atoms with Gasteiger partial charge in [-0.1, -0.05) is 13.8 Å². The highest BCUT2D eigenvalue weighted by atomic mass is 28.4. The van der Waals surface area contributed by atoms with Crippen molar-refractivity contribution < 1.29 is 18.4 Å². The van der Waals surface area contributed by atoms with Gasteiger partial charge in [0.05, 0.1) is 0 Å². The molecule has 0 aliphatic heterocycles. The summed E-state index contributed by atoms with van der Waals surface area (Å²) in [5, 5.41) is 0. The van der Waals surface area contributed by atoms with Gasteiger partial charge in [-0.05, 0) is 58.2 Å². The monoisotopic (exact) mass is 431 g/mol. The van der Waals surface area contributed by atoms with Crippen LogP contribution in [0.25, 0.3) is 0 Å². The summed E-state index contributed by atoms with van der Waals surface area (Å²) in [4.78, 5) is 27.0. The van der Waals surface area contributed by atoms with Gasteiger partial charge in [0.2, 0.25) is 0 Å². The molecule has 0 saturated carbocycles. The Balaban J connectivity index is 4.20. The summed E-state index contributed by atoms with van der Waals surface area (Å²) in [5.41, 5.74) is 0. The van der Waals surface area contributed by atoms with Crippen LogP contribution in [0.3, 0.4) is 0 Å². The second kappa shape index (κ2) is 13.1. The standard InChI is InChI=1S/C21H45NO4Si2/c1-18(20(23)12-10-14-27(6,7)25-4)16-22(3)17-19(2)21(24)13-11-15-28(8,9)26-5/h18-19H,10-17H2,1-9H3. The molecule has 2 unspecified atom stereocenters. The zero-order chi connectivity index (χ0) is 22.0. The number of carbonyl (C=O) groups is 2. The van der Waals surface area contributed by atoms with Crippen LogP contribution in [0.15, 0.2) is 0 Å². The first-order valence-corrected chi connectivity index (χ1v) is 16.9. The molecule has 0 aliphatic rings. The summed E-state index contributed by atoms with van der Waals surface area (Å²) >= 11 is 0. The van der Waals surface area contributed by atoms with E-state index in [0.717, 1.165) is 24.9 Å². The summed E-state index contributed by atoms with van der Waals surface area (Å²) in [6.45, 7) is 14.2. The predicted octanol–water partition coefficient (Wildman–Crippen LogP) is 4.59. The van der Waals surface area contributed by atoms with E-state index in [1.165, 1.54) is 0 Å². The molecule has 0 saturated heterocycles. The van der Waals surface area contributed by atoms with Crippen LogP contribution in [-0.4, -0.2) is 67.5 Å².